The summed E-state index contributed by atoms with van der Waals surface area (Å²) < 4.78 is 16.4. The third-order valence-corrected chi connectivity index (χ3v) is 5.80. The van der Waals surface area contributed by atoms with Gasteiger partial charge in [0, 0.05) is 31.1 Å². The maximum atomic E-state index is 13.1. The number of urea groups is 1. The molecule has 172 valence electrons. The van der Waals surface area contributed by atoms with Crippen LogP contribution in [0.1, 0.15) is 45.1 Å². The van der Waals surface area contributed by atoms with Gasteiger partial charge in [0.25, 0.3) is 0 Å². The van der Waals surface area contributed by atoms with Crippen LogP contribution in [0, 0.1) is 11.8 Å². The summed E-state index contributed by atoms with van der Waals surface area (Å²) in [5.41, 5.74) is 0.526. The van der Waals surface area contributed by atoms with Gasteiger partial charge in [-0.15, -0.1) is 0 Å². The van der Waals surface area contributed by atoms with Crippen LogP contribution in [0.5, 0.6) is 17.2 Å². The summed E-state index contributed by atoms with van der Waals surface area (Å²) in [4.78, 5) is 27.7. The predicted molar refractivity (Wildman–Crippen MR) is 118 cm³/mol. The minimum atomic E-state index is -0.356. The van der Waals surface area contributed by atoms with Gasteiger partial charge in [-0.1, -0.05) is 0 Å². The van der Waals surface area contributed by atoms with Crippen molar-refractivity contribution in [3.8, 4) is 17.2 Å². The highest BCUT2D eigenvalue weighted by atomic mass is 16.5. The molecular weight excluding hydrogens is 398 g/mol. The number of nitrogens with zero attached hydrogens (tertiary/aromatic N) is 1. The number of likely N-dealkylation sites (tertiary alicyclic amines) is 1. The molecule has 1 saturated carbocycles. The number of methoxy groups -OCH3 is 3. The van der Waals surface area contributed by atoms with E-state index in [9.17, 15) is 9.59 Å². The lowest BCUT2D eigenvalue weighted by Gasteiger charge is -2.25. The molecule has 2 aliphatic rings. The standard InChI is InChI=1S/C23H35N3O5/c1-23(2,3)25-22(28)26-12-16(17(13-26)21(27)24-11-14-7-8-14)15-9-18(29-4)20(31-6)19(10-15)30-5/h9-10,14,16-17H,7-8,11-13H2,1-6H3,(H,24,27)(H,25,28)/t16-,17+/m1/s1. The first kappa shape index (κ1) is 23.0. The molecule has 1 aliphatic heterocycles. The van der Waals surface area contributed by atoms with E-state index in [0.29, 0.717) is 42.8 Å². The van der Waals surface area contributed by atoms with Crippen molar-refractivity contribution in [3.63, 3.8) is 0 Å². The maximum absolute atomic E-state index is 13.1. The monoisotopic (exact) mass is 433 g/mol. The van der Waals surface area contributed by atoms with Gasteiger partial charge in [-0.25, -0.2) is 4.79 Å². The highest BCUT2D eigenvalue weighted by Crippen LogP contribution is 2.43. The lowest BCUT2D eigenvalue weighted by molar-refractivity contribution is -0.125. The predicted octanol–water partition coefficient (Wildman–Crippen LogP) is 2.76. The average Bonchev–Trinajstić information content (AvgIpc) is 3.44. The first-order chi connectivity index (χ1) is 14.7. The molecule has 0 unspecified atom stereocenters. The largest absolute Gasteiger partial charge is 0.493 e. The Morgan fingerprint density at radius 2 is 1.65 bits per heavy atom. The number of amides is 3. The molecule has 8 heteroatoms. The minimum Gasteiger partial charge on any atom is -0.493 e. The third kappa shape index (κ3) is 5.54. The van der Waals surface area contributed by atoms with Crippen molar-refractivity contribution in [2.45, 2.75) is 45.1 Å². The Balaban J connectivity index is 1.89. The molecule has 2 fully saturated rings. The highest BCUT2D eigenvalue weighted by Gasteiger charge is 2.42. The molecule has 1 aromatic carbocycles. The maximum Gasteiger partial charge on any atom is 0.317 e. The summed E-state index contributed by atoms with van der Waals surface area (Å²) in [5, 5.41) is 6.09. The Hall–Kier alpha value is -2.64. The number of hydrogen-bond donors (Lipinski definition) is 2. The zero-order valence-corrected chi connectivity index (χ0v) is 19.4. The summed E-state index contributed by atoms with van der Waals surface area (Å²) in [5.74, 6) is 1.61. The Labute approximate surface area is 184 Å². The van der Waals surface area contributed by atoms with Crippen molar-refractivity contribution in [2.24, 2.45) is 11.8 Å². The Bertz CT molecular complexity index is 791. The van der Waals surface area contributed by atoms with E-state index in [0.717, 1.165) is 5.56 Å². The van der Waals surface area contributed by atoms with Crippen molar-refractivity contribution in [3.05, 3.63) is 17.7 Å². The Morgan fingerprint density at radius 3 is 2.13 bits per heavy atom. The summed E-state index contributed by atoms with van der Waals surface area (Å²) in [6, 6.07) is 3.58. The molecule has 0 spiro atoms. The molecule has 31 heavy (non-hydrogen) atoms. The van der Waals surface area contributed by atoms with Crippen LogP contribution in [0.2, 0.25) is 0 Å². The van der Waals surface area contributed by atoms with Crippen LogP contribution in [0.25, 0.3) is 0 Å². The smallest absolute Gasteiger partial charge is 0.317 e. The van der Waals surface area contributed by atoms with Crippen LogP contribution in [0.4, 0.5) is 4.79 Å². The summed E-state index contributed by atoms with van der Waals surface area (Å²) in [7, 11) is 4.69. The SMILES string of the molecule is COc1cc([C@H]2CN(C(=O)NC(C)(C)C)C[C@@H]2C(=O)NCC2CC2)cc(OC)c1OC. The van der Waals surface area contributed by atoms with Crippen LogP contribution in [-0.4, -0.2) is 63.3 Å². The van der Waals surface area contributed by atoms with Crippen LogP contribution < -0.4 is 24.8 Å². The number of carbonyl (C=O) groups excluding carboxylic acids is 2. The van der Waals surface area contributed by atoms with E-state index in [1.54, 1.807) is 26.2 Å². The Kier molecular flexibility index (Phi) is 6.86. The number of carbonyl (C=O) groups is 2. The molecule has 0 bridgehead atoms. The fourth-order valence-corrected chi connectivity index (χ4v) is 3.99. The lowest BCUT2D eigenvalue weighted by Crippen LogP contribution is -2.48. The lowest BCUT2D eigenvalue weighted by atomic mass is 9.88. The topological polar surface area (TPSA) is 89.1 Å². The highest BCUT2D eigenvalue weighted by molar-refractivity contribution is 5.83. The van der Waals surface area contributed by atoms with Crippen molar-refractivity contribution in [1.82, 2.24) is 15.5 Å². The van der Waals surface area contributed by atoms with Gasteiger partial charge >= 0.3 is 6.03 Å². The third-order valence-electron chi connectivity index (χ3n) is 5.80. The van der Waals surface area contributed by atoms with E-state index in [1.807, 2.05) is 32.9 Å². The van der Waals surface area contributed by atoms with E-state index in [-0.39, 0.29) is 29.3 Å². The first-order valence-corrected chi connectivity index (χ1v) is 10.8. The number of nitrogens with one attached hydrogen (secondary N) is 2. The second kappa shape index (κ2) is 9.24. The molecule has 8 nitrogen and oxygen atoms in total. The van der Waals surface area contributed by atoms with E-state index in [1.165, 1.54) is 12.8 Å². The second-order valence-electron chi connectivity index (χ2n) is 9.45. The number of rotatable bonds is 7. The van der Waals surface area contributed by atoms with Crippen molar-refractivity contribution in [2.75, 3.05) is 41.0 Å². The van der Waals surface area contributed by atoms with E-state index < -0.39 is 0 Å². The van der Waals surface area contributed by atoms with Gasteiger partial charge in [0.1, 0.15) is 0 Å². The van der Waals surface area contributed by atoms with Crippen molar-refractivity contribution in [1.29, 1.82) is 0 Å². The van der Waals surface area contributed by atoms with Crippen LogP contribution in [0.15, 0.2) is 12.1 Å². The summed E-state index contributed by atoms with van der Waals surface area (Å²) in [6.45, 7) is 7.32. The molecule has 3 rings (SSSR count). The van der Waals surface area contributed by atoms with Crippen molar-refractivity contribution >= 4 is 11.9 Å². The molecule has 1 aliphatic carbocycles. The fraction of sp³-hybridized carbons (Fsp3) is 0.652. The molecule has 2 N–H and O–H groups in total. The van der Waals surface area contributed by atoms with Crippen molar-refractivity contribution < 1.29 is 23.8 Å². The summed E-state index contributed by atoms with van der Waals surface area (Å²) in [6.07, 6.45) is 2.34. The normalized spacial score (nSPS) is 20.9. The number of ether oxygens (including phenoxy) is 3. The van der Waals surface area contributed by atoms with Gasteiger partial charge in [0.2, 0.25) is 11.7 Å². The van der Waals surface area contributed by atoms with Crippen LogP contribution in [0.3, 0.4) is 0 Å². The fourth-order valence-electron chi connectivity index (χ4n) is 3.99. The quantitative estimate of drug-likeness (QED) is 0.690. The number of benzene rings is 1. The average molecular weight is 434 g/mol. The second-order valence-corrected chi connectivity index (χ2v) is 9.45. The molecule has 1 aromatic rings. The van der Waals surface area contributed by atoms with Gasteiger partial charge in [-0.2, -0.15) is 0 Å². The molecule has 1 heterocycles. The first-order valence-electron chi connectivity index (χ1n) is 10.8. The zero-order chi connectivity index (χ0) is 22.8. The molecule has 1 saturated heterocycles. The van der Waals surface area contributed by atoms with Gasteiger partial charge < -0.3 is 29.7 Å². The van der Waals surface area contributed by atoms with E-state index >= 15 is 0 Å². The van der Waals surface area contributed by atoms with E-state index in [4.69, 9.17) is 14.2 Å². The zero-order valence-electron chi connectivity index (χ0n) is 19.4. The molecule has 3 amide bonds. The van der Waals surface area contributed by atoms with Gasteiger partial charge in [0.15, 0.2) is 11.5 Å². The van der Waals surface area contributed by atoms with Gasteiger partial charge in [-0.3, -0.25) is 4.79 Å². The minimum absolute atomic E-state index is 0.0169. The van der Waals surface area contributed by atoms with E-state index in [2.05, 4.69) is 10.6 Å². The molecule has 0 aromatic heterocycles. The van der Waals surface area contributed by atoms with Crippen LogP contribution >= 0.6 is 0 Å². The Morgan fingerprint density at radius 1 is 1.03 bits per heavy atom. The summed E-state index contributed by atoms with van der Waals surface area (Å²) >= 11 is 0. The molecule has 0 radical (unpaired) electrons. The van der Waals surface area contributed by atoms with Gasteiger partial charge in [0.05, 0.1) is 27.2 Å². The number of hydrogen-bond acceptors (Lipinski definition) is 5. The van der Waals surface area contributed by atoms with Crippen LogP contribution in [-0.2, 0) is 4.79 Å². The van der Waals surface area contributed by atoms with Gasteiger partial charge in [-0.05, 0) is 57.2 Å². The molecular formula is C23H35N3O5. The molecule has 2 atom stereocenters.